The van der Waals surface area contributed by atoms with Crippen LogP contribution in [0.15, 0.2) is 41.6 Å². The fourth-order valence-electron chi connectivity index (χ4n) is 1.79. The predicted molar refractivity (Wildman–Crippen MR) is 73.0 cm³/mol. The third kappa shape index (κ3) is 1.85. The standard InChI is InChI=1S/C12H9ClN4S/c1-18-9-5-3-2-4-8(9)12-16-15-11-6-10(13)14-7-17(11)12/h2-7H,1H3. The van der Waals surface area contributed by atoms with Gasteiger partial charge in [-0.05, 0) is 12.3 Å². The summed E-state index contributed by atoms with van der Waals surface area (Å²) in [6.07, 6.45) is 3.68. The predicted octanol–water partition coefficient (Wildman–Crippen LogP) is 3.17. The molecule has 18 heavy (non-hydrogen) atoms. The van der Waals surface area contributed by atoms with Gasteiger partial charge in [-0.15, -0.1) is 22.0 Å². The molecule has 0 aliphatic heterocycles. The second-order valence-electron chi connectivity index (χ2n) is 3.66. The van der Waals surface area contributed by atoms with E-state index >= 15 is 0 Å². The van der Waals surface area contributed by atoms with Gasteiger partial charge in [0.05, 0.1) is 0 Å². The molecule has 0 atom stereocenters. The molecule has 0 aliphatic rings. The smallest absolute Gasteiger partial charge is 0.170 e. The van der Waals surface area contributed by atoms with E-state index in [9.17, 15) is 0 Å². The Morgan fingerprint density at radius 2 is 2.06 bits per heavy atom. The van der Waals surface area contributed by atoms with Gasteiger partial charge in [-0.2, -0.15) is 0 Å². The number of nitrogens with zero attached hydrogens (tertiary/aromatic N) is 4. The fourth-order valence-corrected chi connectivity index (χ4v) is 2.52. The fraction of sp³-hybridized carbons (Fsp3) is 0.0833. The summed E-state index contributed by atoms with van der Waals surface area (Å²) >= 11 is 7.51. The van der Waals surface area contributed by atoms with Crippen LogP contribution in [0.25, 0.3) is 17.0 Å². The van der Waals surface area contributed by atoms with Gasteiger partial charge in [-0.25, -0.2) is 4.98 Å². The van der Waals surface area contributed by atoms with Crippen molar-refractivity contribution in [2.75, 3.05) is 6.26 Å². The summed E-state index contributed by atoms with van der Waals surface area (Å²) < 4.78 is 1.83. The maximum atomic E-state index is 5.84. The molecule has 2 aromatic heterocycles. The van der Waals surface area contributed by atoms with Crippen molar-refractivity contribution in [3.8, 4) is 11.4 Å². The SMILES string of the molecule is CSc1ccccc1-c1nnc2cc(Cl)ncn12. The lowest BCUT2D eigenvalue weighted by Gasteiger charge is -2.04. The molecule has 0 radical (unpaired) electrons. The van der Waals surface area contributed by atoms with Crippen molar-refractivity contribution >= 4 is 29.0 Å². The van der Waals surface area contributed by atoms with Crippen molar-refractivity contribution in [3.63, 3.8) is 0 Å². The molecule has 0 saturated carbocycles. The highest BCUT2D eigenvalue weighted by Gasteiger charge is 2.11. The van der Waals surface area contributed by atoms with Gasteiger partial charge >= 0.3 is 0 Å². The van der Waals surface area contributed by atoms with Gasteiger partial charge in [0.2, 0.25) is 0 Å². The van der Waals surface area contributed by atoms with Gasteiger partial charge in [-0.3, -0.25) is 4.40 Å². The van der Waals surface area contributed by atoms with Gasteiger partial charge < -0.3 is 0 Å². The number of thioether (sulfide) groups is 1. The highest BCUT2D eigenvalue weighted by molar-refractivity contribution is 7.98. The summed E-state index contributed by atoms with van der Waals surface area (Å²) in [5, 5.41) is 8.74. The topological polar surface area (TPSA) is 43.1 Å². The largest absolute Gasteiger partial charge is 0.265 e. The van der Waals surface area contributed by atoms with Crippen LogP contribution in [-0.4, -0.2) is 25.8 Å². The van der Waals surface area contributed by atoms with E-state index in [1.54, 1.807) is 24.2 Å². The second-order valence-corrected chi connectivity index (χ2v) is 4.90. The lowest BCUT2D eigenvalue weighted by molar-refractivity contribution is 1.07. The number of benzene rings is 1. The van der Waals surface area contributed by atoms with Crippen LogP contribution >= 0.6 is 23.4 Å². The molecule has 0 unspecified atom stereocenters. The summed E-state index contributed by atoms with van der Waals surface area (Å²) in [4.78, 5) is 5.22. The summed E-state index contributed by atoms with van der Waals surface area (Å²) in [7, 11) is 0. The lowest BCUT2D eigenvalue weighted by Crippen LogP contribution is -1.92. The van der Waals surface area contributed by atoms with Crippen molar-refractivity contribution in [2.24, 2.45) is 0 Å². The van der Waals surface area contributed by atoms with Crippen molar-refractivity contribution in [2.45, 2.75) is 4.90 Å². The van der Waals surface area contributed by atoms with Crippen LogP contribution in [0.2, 0.25) is 5.15 Å². The first-order chi connectivity index (χ1) is 8.79. The molecule has 3 rings (SSSR count). The first-order valence-corrected chi connectivity index (χ1v) is 6.89. The molecule has 0 saturated heterocycles. The molecule has 0 N–H and O–H groups in total. The van der Waals surface area contributed by atoms with Gasteiger partial charge in [0.15, 0.2) is 11.5 Å². The van der Waals surface area contributed by atoms with E-state index in [0.717, 1.165) is 16.3 Å². The maximum absolute atomic E-state index is 5.84. The van der Waals surface area contributed by atoms with E-state index in [4.69, 9.17) is 11.6 Å². The van der Waals surface area contributed by atoms with Crippen LogP contribution in [0.3, 0.4) is 0 Å². The van der Waals surface area contributed by atoms with Gasteiger partial charge in [-0.1, -0.05) is 29.8 Å². The average molecular weight is 277 g/mol. The van der Waals surface area contributed by atoms with Gasteiger partial charge in [0.25, 0.3) is 0 Å². The van der Waals surface area contributed by atoms with Crippen molar-refractivity contribution in [1.82, 2.24) is 19.6 Å². The molecule has 2 heterocycles. The monoisotopic (exact) mass is 276 g/mol. The zero-order valence-corrected chi connectivity index (χ0v) is 11.1. The zero-order chi connectivity index (χ0) is 12.5. The Morgan fingerprint density at radius 1 is 1.22 bits per heavy atom. The molecule has 3 aromatic rings. The normalized spacial score (nSPS) is 11.0. The summed E-state index contributed by atoms with van der Waals surface area (Å²) in [6.45, 7) is 0. The van der Waals surface area contributed by atoms with Crippen LogP contribution in [0.4, 0.5) is 0 Å². The van der Waals surface area contributed by atoms with Crippen LogP contribution in [0, 0.1) is 0 Å². The minimum atomic E-state index is 0.416. The lowest BCUT2D eigenvalue weighted by atomic mass is 10.2. The third-order valence-electron chi connectivity index (χ3n) is 2.61. The summed E-state index contributed by atoms with van der Waals surface area (Å²) in [6, 6.07) is 9.77. The highest BCUT2D eigenvalue weighted by atomic mass is 35.5. The van der Waals surface area contributed by atoms with E-state index in [1.807, 2.05) is 28.9 Å². The number of aromatic nitrogens is 4. The Labute approximate surface area is 113 Å². The zero-order valence-electron chi connectivity index (χ0n) is 9.54. The molecule has 4 nitrogen and oxygen atoms in total. The van der Waals surface area contributed by atoms with Crippen LogP contribution in [0.5, 0.6) is 0 Å². The molecule has 90 valence electrons. The van der Waals surface area contributed by atoms with Gasteiger partial charge in [0.1, 0.15) is 11.5 Å². The first kappa shape index (κ1) is 11.5. The molecule has 0 aliphatic carbocycles. The minimum Gasteiger partial charge on any atom is -0.265 e. The molecule has 1 aromatic carbocycles. The second kappa shape index (κ2) is 4.59. The molecule has 0 fully saturated rings. The number of fused-ring (bicyclic) bond motifs is 1. The Hall–Kier alpha value is -1.59. The van der Waals surface area contributed by atoms with Crippen molar-refractivity contribution in [1.29, 1.82) is 0 Å². The maximum Gasteiger partial charge on any atom is 0.170 e. The van der Waals surface area contributed by atoms with E-state index in [-0.39, 0.29) is 0 Å². The third-order valence-corrected chi connectivity index (χ3v) is 3.62. The highest BCUT2D eigenvalue weighted by Crippen LogP contribution is 2.28. The molecular formula is C12H9ClN4S. The van der Waals surface area contributed by atoms with E-state index < -0.39 is 0 Å². The van der Waals surface area contributed by atoms with E-state index in [0.29, 0.717) is 10.8 Å². The Balaban J connectivity index is 2.26. The van der Waals surface area contributed by atoms with Crippen LogP contribution < -0.4 is 0 Å². The molecular weight excluding hydrogens is 268 g/mol. The number of rotatable bonds is 2. The van der Waals surface area contributed by atoms with Crippen LogP contribution in [-0.2, 0) is 0 Å². The quantitative estimate of drug-likeness (QED) is 0.533. The van der Waals surface area contributed by atoms with Gasteiger partial charge in [0, 0.05) is 16.5 Å². The Morgan fingerprint density at radius 3 is 2.89 bits per heavy atom. The Bertz CT molecular complexity index is 710. The average Bonchev–Trinajstić information content (AvgIpc) is 2.81. The number of hydrogen-bond acceptors (Lipinski definition) is 4. The van der Waals surface area contributed by atoms with Crippen molar-refractivity contribution < 1.29 is 0 Å². The molecule has 6 heteroatoms. The number of halogens is 1. The van der Waals surface area contributed by atoms with Crippen LogP contribution in [0.1, 0.15) is 0 Å². The first-order valence-electron chi connectivity index (χ1n) is 5.29. The van der Waals surface area contributed by atoms with Crippen molar-refractivity contribution in [3.05, 3.63) is 41.8 Å². The minimum absolute atomic E-state index is 0.416. The molecule has 0 spiro atoms. The van der Waals surface area contributed by atoms with E-state index in [2.05, 4.69) is 21.2 Å². The Kier molecular flexibility index (Phi) is 2.93. The number of hydrogen-bond donors (Lipinski definition) is 0. The summed E-state index contributed by atoms with van der Waals surface area (Å²) in [5.41, 5.74) is 1.74. The summed E-state index contributed by atoms with van der Waals surface area (Å²) in [5.74, 6) is 0.777. The molecule has 0 amide bonds. The van der Waals surface area contributed by atoms with E-state index in [1.165, 1.54) is 0 Å². The molecule has 0 bridgehead atoms.